The second kappa shape index (κ2) is 5.65. The third-order valence-corrected chi connectivity index (χ3v) is 2.29. The van der Waals surface area contributed by atoms with Crippen LogP contribution in [-0.4, -0.2) is 48.4 Å². The SMILES string of the molecule is CN(C)C(=O)CNC(=O)C(C(=O)O)C(C)(C)C. The number of aliphatic carboxylic acids is 1. The summed E-state index contributed by atoms with van der Waals surface area (Å²) in [6, 6.07) is 0. The molecule has 0 aromatic carbocycles. The maximum Gasteiger partial charge on any atom is 0.316 e. The van der Waals surface area contributed by atoms with Crippen molar-refractivity contribution >= 4 is 17.8 Å². The highest BCUT2D eigenvalue weighted by Gasteiger charge is 2.37. The van der Waals surface area contributed by atoms with Crippen molar-refractivity contribution in [2.45, 2.75) is 20.8 Å². The van der Waals surface area contributed by atoms with Gasteiger partial charge in [-0.25, -0.2) is 0 Å². The minimum absolute atomic E-state index is 0.189. The molecule has 0 spiro atoms. The zero-order chi connectivity index (χ0) is 13.8. The molecule has 0 aromatic heterocycles. The van der Waals surface area contributed by atoms with Crippen molar-refractivity contribution < 1.29 is 19.5 Å². The van der Waals surface area contributed by atoms with Gasteiger partial charge in [-0.15, -0.1) is 0 Å². The standard InChI is InChI=1S/C11H20N2O4/c1-11(2,3)8(10(16)17)9(15)12-6-7(14)13(4)5/h8H,6H2,1-5H3,(H,12,15)(H,16,17). The van der Waals surface area contributed by atoms with Crippen molar-refractivity contribution in [2.75, 3.05) is 20.6 Å². The fraction of sp³-hybridized carbons (Fsp3) is 0.727. The van der Waals surface area contributed by atoms with Gasteiger partial charge in [0.2, 0.25) is 11.8 Å². The summed E-state index contributed by atoms with van der Waals surface area (Å²) in [5, 5.41) is 11.3. The number of likely N-dealkylation sites (N-methyl/N-ethyl adjacent to an activating group) is 1. The number of hydrogen-bond acceptors (Lipinski definition) is 3. The van der Waals surface area contributed by atoms with E-state index in [1.165, 1.54) is 4.90 Å². The van der Waals surface area contributed by atoms with Crippen LogP contribution in [-0.2, 0) is 14.4 Å². The Bertz CT molecular complexity index is 318. The van der Waals surface area contributed by atoms with E-state index in [9.17, 15) is 14.4 Å². The highest BCUT2D eigenvalue weighted by atomic mass is 16.4. The van der Waals surface area contributed by atoms with Gasteiger partial charge in [0.05, 0.1) is 6.54 Å². The lowest BCUT2D eigenvalue weighted by molar-refractivity contribution is -0.152. The highest BCUT2D eigenvalue weighted by molar-refractivity contribution is 5.99. The Morgan fingerprint density at radius 2 is 1.71 bits per heavy atom. The van der Waals surface area contributed by atoms with Crippen molar-refractivity contribution in [1.82, 2.24) is 10.2 Å². The van der Waals surface area contributed by atoms with Gasteiger partial charge >= 0.3 is 5.97 Å². The lowest BCUT2D eigenvalue weighted by atomic mass is 9.80. The topological polar surface area (TPSA) is 86.7 Å². The normalized spacial score (nSPS) is 12.8. The highest BCUT2D eigenvalue weighted by Crippen LogP contribution is 2.26. The molecule has 0 aliphatic heterocycles. The summed E-state index contributed by atoms with van der Waals surface area (Å²) in [7, 11) is 3.12. The smallest absolute Gasteiger partial charge is 0.316 e. The average molecular weight is 244 g/mol. The van der Waals surface area contributed by atoms with Crippen LogP contribution in [0, 0.1) is 11.3 Å². The molecule has 0 fully saturated rings. The summed E-state index contributed by atoms with van der Waals surface area (Å²) >= 11 is 0. The molecule has 1 atom stereocenters. The van der Waals surface area contributed by atoms with Gasteiger partial charge in [0, 0.05) is 14.1 Å². The molecule has 2 amide bonds. The first-order chi connectivity index (χ1) is 7.57. The van der Waals surface area contributed by atoms with Gasteiger partial charge in [-0.3, -0.25) is 14.4 Å². The zero-order valence-electron chi connectivity index (χ0n) is 10.9. The molecule has 0 rings (SSSR count). The minimum Gasteiger partial charge on any atom is -0.481 e. The first-order valence-electron chi connectivity index (χ1n) is 5.28. The summed E-state index contributed by atoms with van der Waals surface area (Å²) in [5.41, 5.74) is -0.697. The molecule has 1 unspecified atom stereocenters. The zero-order valence-corrected chi connectivity index (χ0v) is 10.9. The molecule has 0 saturated heterocycles. The molecule has 98 valence electrons. The second-order valence-corrected chi connectivity index (χ2v) is 5.14. The maximum absolute atomic E-state index is 11.7. The Morgan fingerprint density at radius 3 is 2.00 bits per heavy atom. The Labute approximate surface area is 101 Å². The van der Waals surface area contributed by atoms with Gasteiger partial charge in [-0.2, -0.15) is 0 Å². The van der Waals surface area contributed by atoms with Crippen LogP contribution in [0.3, 0.4) is 0 Å². The van der Waals surface area contributed by atoms with E-state index in [0.717, 1.165) is 0 Å². The third-order valence-electron chi connectivity index (χ3n) is 2.29. The first-order valence-corrected chi connectivity index (χ1v) is 5.28. The van der Waals surface area contributed by atoms with Gasteiger partial charge in [-0.1, -0.05) is 20.8 Å². The Morgan fingerprint density at radius 1 is 1.24 bits per heavy atom. The van der Waals surface area contributed by atoms with Crippen LogP contribution in [0.25, 0.3) is 0 Å². The van der Waals surface area contributed by atoms with E-state index in [0.29, 0.717) is 0 Å². The first kappa shape index (κ1) is 15.4. The van der Waals surface area contributed by atoms with Crippen molar-refractivity contribution in [1.29, 1.82) is 0 Å². The molecule has 0 heterocycles. The van der Waals surface area contributed by atoms with E-state index in [-0.39, 0.29) is 12.5 Å². The van der Waals surface area contributed by atoms with E-state index in [1.54, 1.807) is 34.9 Å². The van der Waals surface area contributed by atoms with Gasteiger partial charge < -0.3 is 15.3 Å². The number of nitrogens with zero attached hydrogens (tertiary/aromatic N) is 1. The molecule has 2 N–H and O–H groups in total. The summed E-state index contributed by atoms with van der Waals surface area (Å²) < 4.78 is 0. The average Bonchev–Trinajstić information content (AvgIpc) is 2.10. The number of nitrogens with one attached hydrogen (secondary N) is 1. The monoisotopic (exact) mass is 244 g/mol. The van der Waals surface area contributed by atoms with E-state index < -0.39 is 23.2 Å². The molecule has 0 saturated carbocycles. The largest absolute Gasteiger partial charge is 0.481 e. The van der Waals surface area contributed by atoms with Crippen LogP contribution in [0.5, 0.6) is 0 Å². The molecule has 6 heteroatoms. The number of amides is 2. The molecular weight excluding hydrogens is 224 g/mol. The number of rotatable bonds is 4. The van der Waals surface area contributed by atoms with Gasteiger partial charge in [0.15, 0.2) is 0 Å². The van der Waals surface area contributed by atoms with Gasteiger partial charge in [-0.05, 0) is 5.41 Å². The summed E-state index contributed by atoms with van der Waals surface area (Å²) in [5.74, 6) is -3.28. The van der Waals surface area contributed by atoms with Crippen LogP contribution in [0.2, 0.25) is 0 Å². The molecule has 6 nitrogen and oxygen atoms in total. The molecule has 0 aromatic rings. The lowest BCUT2D eigenvalue weighted by Crippen LogP contribution is -2.45. The van der Waals surface area contributed by atoms with Crippen molar-refractivity contribution in [2.24, 2.45) is 11.3 Å². The molecule has 0 radical (unpaired) electrons. The van der Waals surface area contributed by atoms with Crippen molar-refractivity contribution in [3.05, 3.63) is 0 Å². The third kappa shape index (κ3) is 4.84. The van der Waals surface area contributed by atoms with Crippen molar-refractivity contribution in [3.63, 3.8) is 0 Å². The van der Waals surface area contributed by atoms with Crippen molar-refractivity contribution in [3.8, 4) is 0 Å². The van der Waals surface area contributed by atoms with Gasteiger partial charge in [0.25, 0.3) is 0 Å². The van der Waals surface area contributed by atoms with Crippen LogP contribution in [0.4, 0.5) is 0 Å². The van der Waals surface area contributed by atoms with Gasteiger partial charge in [0.1, 0.15) is 5.92 Å². The molecule has 17 heavy (non-hydrogen) atoms. The Hall–Kier alpha value is -1.59. The van der Waals surface area contributed by atoms with Crippen LogP contribution in [0.15, 0.2) is 0 Å². The lowest BCUT2D eigenvalue weighted by Gasteiger charge is -2.26. The Balaban J connectivity index is 4.57. The quantitative estimate of drug-likeness (QED) is 0.678. The summed E-state index contributed by atoms with van der Waals surface area (Å²) in [6.45, 7) is 4.81. The molecule has 0 aliphatic carbocycles. The number of carboxylic acid groups (broad SMARTS) is 1. The molecular formula is C11H20N2O4. The minimum atomic E-state index is -1.19. The Kier molecular flexibility index (Phi) is 5.12. The van der Waals surface area contributed by atoms with E-state index >= 15 is 0 Å². The number of carbonyl (C=O) groups excluding carboxylic acids is 2. The molecule has 0 bridgehead atoms. The number of carboxylic acids is 1. The summed E-state index contributed by atoms with van der Waals surface area (Å²) in [4.78, 5) is 35.3. The van der Waals surface area contributed by atoms with E-state index in [4.69, 9.17) is 5.11 Å². The van der Waals surface area contributed by atoms with Crippen LogP contribution >= 0.6 is 0 Å². The maximum atomic E-state index is 11.7. The fourth-order valence-corrected chi connectivity index (χ4v) is 1.30. The second-order valence-electron chi connectivity index (χ2n) is 5.14. The predicted molar refractivity (Wildman–Crippen MR) is 62.3 cm³/mol. The summed E-state index contributed by atoms with van der Waals surface area (Å²) in [6.07, 6.45) is 0. The number of carbonyl (C=O) groups is 3. The predicted octanol–water partition coefficient (Wildman–Crippen LogP) is -0.0623. The molecule has 0 aliphatic rings. The van der Waals surface area contributed by atoms with Crippen LogP contribution < -0.4 is 5.32 Å². The van der Waals surface area contributed by atoms with E-state index in [2.05, 4.69) is 5.32 Å². The van der Waals surface area contributed by atoms with E-state index in [1.807, 2.05) is 0 Å². The fourth-order valence-electron chi connectivity index (χ4n) is 1.30. The number of hydrogen-bond donors (Lipinski definition) is 2. The van der Waals surface area contributed by atoms with Crippen LogP contribution in [0.1, 0.15) is 20.8 Å².